The van der Waals surface area contributed by atoms with Crippen LogP contribution in [0.2, 0.25) is 0 Å². The van der Waals surface area contributed by atoms with Gasteiger partial charge in [0.2, 0.25) is 11.8 Å². The van der Waals surface area contributed by atoms with Crippen LogP contribution < -0.4 is 10.6 Å². The van der Waals surface area contributed by atoms with Gasteiger partial charge >= 0.3 is 5.97 Å². The molecule has 0 aliphatic rings. The van der Waals surface area contributed by atoms with Gasteiger partial charge < -0.3 is 26.0 Å². The molecule has 0 aliphatic carbocycles. The maximum Gasteiger partial charge on any atom is 0.327 e. The van der Waals surface area contributed by atoms with Crippen molar-refractivity contribution in [2.45, 2.75) is 32.4 Å². The monoisotopic (exact) mass is 322 g/mol. The number of hydrogen-bond donors (Lipinski definition) is 6. The van der Waals surface area contributed by atoms with Crippen LogP contribution in [0.3, 0.4) is 0 Å². The van der Waals surface area contributed by atoms with E-state index in [1.54, 1.807) is 0 Å². The van der Waals surface area contributed by atoms with Crippen molar-refractivity contribution in [1.82, 2.24) is 10.6 Å². The minimum absolute atomic E-state index is 0.0448. The summed E-state index contributed by atoms with van der Waals surface area (Å²) in [6.07, 6.45) is -1.54. The van der Waals surface area contributed by atoms with E-state index in [4.69, 9.17) is 10.2 Å². The van der Waals surface area contributed by atoms with Crippen molar-refractivity contribution in [2.75, 3.05) is 18.9 Å². The van der Waals surface area contributed by atoms with Gasteiger partial charge in [-0.2, -0.15) is 12.6 Å². The van der Waals surface area contributed by atoms with Crippen molar-refractivity contribution in [3.8, 4) is 0 Å². The van der Waals surface area contributed by atoms with Gasteiger partial charge in [0.05, 0.1) is 6.61 Å². The van der Waals surface area contributed by atoms with Crippen LogP contribution in [0, 0.1) is 5.41 Å². The summed E-state index contributed by atoms with van der Waals surface area (Å²) in [7, 11) is 0. The predicted molar refractivity (Wildman–Crippen MR) is 77.9 cm³/mol. The molecule has 0 aromatic rings. The van der Waals surface area contributed by atoms with Crippen LogP contribution in [-0.2, 0) is 14.4 Å². The molecule has 0 aromatic carbocycles. The van der Waals surface area contributed by atoms with Crippen LogP contribution in [-0.4, -0.2) is 64.2 Å². The molecule has 21 heavy (non-hydrogen) atoms. The highest BCUT2D eigenvalue weighted by atomic mass is 32.1. The van der Waals surface area contributed by atoms with Gasteiger partial charge in [-0.3, -0.25) is 9.59 Å². The highest BCUT2D eigenvalue weighted by Crippen LogP contribution is 2.19. The Balaban J connectivity index is 4.17. The highest BCUT2D eigenvalue weighted by molar-refractivity contribution is 7.80. The molecule has 0 radical (unpaired) electrons. The first-order chi connectivity index (χ1) is 9.65. The summed E-state index contributed by atoms with van der Waals surface area (Å²) < 4.78 is 0. The molecule has 0 rings (SSSR count). The third-order valence-corrected chi connectivity index (χ3v) is 3.23. The van der Waals surface area contributed by atoms with Crippen LogP contribution >= 0.6 is 12.6 Å². The first-order valence-electron chi connectivity index (χ1n) is 6.35. The third kappa shape index (κ3) is 6.78. The summed E-state index contributed by atoms with van der Waals surface area (Å²) in [5, 5.41) is 32.1. The fourth-order valence-corrected chi connectivity index (χ4v) is 1.54. The lowest BCUT2D eigenvalue weighted by atomic mass is 9.87. The van der Waals surface area contributed by atoms with E-state index in [1.807, 2.05) is 0 Å². The molecule has 122 valence electrons. The zero-order valence-corrected chi connectivity index (χ0v) is 12.9. The Morgan fingerprint density at radius 2 is 1.86 bits per heavy atom. The lowest BCUT2D eigenvalue weighted by Crippen LogP contribution is -2.47. The van der Waals surface area contributed by atoms with Gasteiger partial charge in [-0.25, -0.2) is 4.79 Å². The smallest absolute Gasteiger partial charge is 0.327 e. The van der Waals surface area contributed by atoms with Crippen LogP contribution in [0.15, 0.2) is 0 Å². The number of amides is 2. The maximum absolute atomic E-state index is 11.6. The molecule has 1 unspecified atom stereocenters. The fraction of sp³-hybridized carbons (Fsp3) is 0.750. The largest absolute Gasteiger partial charge is 0.480 e. The van der Waals surface area contributed by atoms with Gasteiger partial charge in [0.25, 0.3) is 0 Å². The number of aliphatic carboxylic acids is 1. The molecule has 0 fully saturated rings. The van der Waals surface area contributed by atoms with Gasteiger partial charge in [-0.1, -0.05) is 13.8 Å². The van der Waals surface area contributed by atoms with Gasteiger partial charge in [0.1, 0.15) is 12.1 Å². The Bertz CT molecular complexity index is 388. The second-order valence-electron chi connectivity index (χ2n) is 5.23. The number of carbonyl (C=O) groups is 3. The summed E-state index contributed by atoms with van der Waals surface area (Å²) in [6.45, 7) is 2.62. The van der Waals surface area contributed by atoms with Crippen molar-refractivity contribution in [1.29, 1.82) is 0 Å². The number of hydrogen-bond acceptors (Lipinski definition) is 6. The van der Waals surface area contributed by atoms with E-state index in [1.165, 1.54) is 13.8 Å². The van der Waals surface area contributed by atoms with Gasteiger partial charge in [0.15, 0.2) is 0 Å². The molecule has 9 heteroatoms. The van der Waals surface area contributed by atoms with Crippen molar-refractivity contribution in [3.63, 3.8) is 0 Å². The minimum Gasteiger partial charge on any atom is -0.480 e. The third-order valence-electron chi connectivity index (χ3n) is 2.86. The molecule has 8 nitrogen and oxygen atoms in total. The van der Waals surface area contributed by atoms with E-state index in [-0.39, 0.29) is 25.3 Å². The van der Waals surface area contributed by atoms with Crippen LogP contribution in [0.25, 0.3) is 0 Å². The van der Waals surface area contributed by atoms with Crippen molar-refractivity contribution in [2.24, 2.45) is 5.41 Å². The van der Waals surface area contributed by atoms with E-state index >= 15 is 0 Å². The first kappa shape index (κ1) is 19.7. The molecule has 0 aliphatic heterocycles. The Hall–Kier alpha value is -1.32. The zero-order chi connectivity index (χ0) is 16.6. The number of aliphatic hydroxyl groups excluding tert-OH is 2. The fourth-order valence-electron chi connectivity index (χ4n) is 1.29. The molecule has 2 amide bonds. The predicted octanol–water partition coefficient (Wildman–Crippen LogP) is -1.63. The van der Waals surface area contributed by atoms with Crippen LogP contribution in [0.4, 0.5) is 0 Å². The summed E-state index contributed by atoms with van der Waals surface area (Å²) in [5.41, 5.74) is -0.993. The molecule has 0 heterocycles. The van der Waals surface area contributed by atoms with Crippen LogP contribution in [0.1, 0.15) is 20.3 Å². The summed E-state index contributed by atoms with van der Waals surface area (Å²) in [4.78, 5) is 33.8. The standard InChI is InChI=1S/C12H22N2O6S/c1-12(2,6-15)9(17)10(18)13-4-3-8(16)14-7(5-21)11(19)20/h7,9,15,17,21H,3-6H2,1-2H3,(H,13,18)(H,14,16)(H,19,20)/t7?,9-/m0/s1. The first-order valence-corrected chi connectivity index (χ1v) is 6.98. The average Bonchev–Trinajstić information content (AvgIpc) is 2.43. The molecule has 0 aromatic heterocycles. The molecular formula is C12H22N2O6S. The topological polar surface area (TPSA) is 136 Å². The molecule has 5 N–H and O–H groups in total. The van der Waals surface area contributed by atoms with E-state index in [0.29, 0.717) is 0 Å². The quantitative estimate of drug-likeness (QED) is 0.282. The second kappa shape index (κ2) is 8.85. The molecule has 2 atom stereocenters. The number of carboxylic acid groups (broad SMARTS) is 1. The number of thiol groups is 1. The number of aliphatic hydroxyl groups is 2. The van der Waals surface area contributed by atoms with E-state index < -0.39 is 35.3 Å². The number of carboxylic acids is 1. The Kier molecular flexibility index (Phi) is 8.30. The van der Waals surface area contributed by atoms with E-state index in [2.05, 4.69) is 23.3 Å². The SMILES string of the molecule is CC(C)(CO)[C@@H](O)C(=O)NCCC(=O)NC(CS)C(=O)O. The van der Waals surface area contributed by atoms with Crippen molar-refractivity contribution in [3.05, 3.63) is 0 Å². The minimum atomic E-state index is -1.41. The van der Waals surface area contributed by atoms with Crippen LogP contribution in [0.5, 0.6) is 0 Å². The zero-order valence-electron chi connectivity index (χ0n) is 12.0. The van der Waals surface area contributed by atoms with Crippen molar-refractivity contribution >= 4 is 30.4 Å². The van der Waals surface area contributed by atoms with Gasteiger partial charge in [-0.15, -0.1) is 0 Å². The number of nitrogens with one attached hydrogen (secondary N) is 2. The molecule has 0 bridgehead atoms. The summed E-state index contributed by atoms with van der Waals surface area (Å²) in [5.74, 6) is -2.49. The number of rotatable bonds is 9. The maximum atomic E-state index is 11.6. The Labute approximate surface area is 128 Å². The van der Waals surface area contributed by atoms with Gasteiger partial charge in [-0.05, 0) is 0 Å². The second-order valence-corrected chi connectivity index (χ2v) is 5.60. The lowest BCUT2D eigenvalue weighted by Gasteiger charge is -2.27. The molecule has 0 saturated heterocycles. The number of carbonyl (C=O) groups excluding carboxylic acids is 2. The highest BCUT2D eigenvalue weighted by Gasteiger charge is 2.32. The van der Waals surface area contributed by atoms with E-state index in [0.717, 1.165) is 0 Å². The average molecular weight is 322 g/mol. The van der Waals surface area contributed by atoms with E-state index in [9.17, 15) is 19.5 Å². The van der Waals surface area contributed by atoms with Crippen molar-refractivity contribution < 1.29 is 29.7 Å². The van der Waals surface area contributed by atoms with Gasteiger partial charge in [0, 0.05) is 24.1 Å². The Morgan fingerprint density at radius 1 is 1.29 bits per heavy atom. The Morgan fingerprint density at radius 3 is 2.29 bits per heavy atom. The normalized spacial score (nSPS) is 14.1. The molecule has 0 saturated carbocycles. The summed E-state index contributed by atoms with van der Waals surface area (Å²) in [6, 6.07) is -1.09. The molecule has 0 spiro atoms. The summed E-state index contributed by atoms with van der Waals surface area (Å²) >= 11 is 3.80. The molecular weight excluding hydrogens is 300 g/mol. The lowest BCUT2D eigenvalue weighted by molar-refractivity contribution is -0.141.